The Labute approximate surface area is 127 Å². The van der Waals surface area contributed by atoms with Crippen molar-refractivity contribution >= 4 is 5.69 Å². The Morgan fingerprint density at radius 3 is 2.19 bits per heavy atom. The maximum Gasteiger partial charge on any atom is 0.123 e. The van der Waals surface area contributed by atoms with Crippen LogP contribution in [-0.2, 0) is 0 Å². The number of hydrogen-bond donors (Lipinski definition) is 1. The number of aliphatic hydroxyl groups excluding tert-OH is 1. The monoisotopic (exact) mass is 294 g/mol. The lowest BCUT2D eigenvalue weighted by Gasteiger charge is -2.37. The Morgan fingerprint density at radius 2 is 1.67 bits per heavy atom. The summed E-state index contributed by atoms with van der Waals surface area (Å²) < 4.78 is 12.9. The summed E-state index contributed by atoms with van der Waals surface area (Å²) in [4.78, 5) is 4.69. The molecule has 1 aromatic carbocycles. The van der Waals surface area contributed by atoms with E-state index < -0.39 is 0 Å². The van der Waals surface area contributed by atoms with Crippen molar-refractivity contribution in [2.45, 2.75) is 33.3 Å². The first kappa shape index (κ1) is 16.2. The van der Waals surface area contributed by atoms with Gasteiger partial charge in [-0.1, -0.05) is 20.8 Å². The van der Waals surface area contributed by atoms with Crippen molar-refractivity contribution in [3.8, 4) is 0 Å². The van der Waals surface area contributed by atoms with E-state index in [0.29, 0.717) is 0 Å². The molecule has 1 heterocycles. The molecule has 1 atom stereocenters. The van der Waals surface area contributed by atoms with Crippen molar-refractivity contribution in [2.75, 3.05) is 37.6 Å². The van der Waals surface area contributed by atoms with Gasteiger partial charge >= 0.3 is 0 Å². The van der Waals surface area contributed by atoms with E-state index in [4.69, 9.17) is 0 Å². The zero-order valence-electron chi connectivity index (χ0n) is 13.3. The fourth-order valence-corrected chi connectivity index (χ4v) is 2.62. The first-order valence-corrected chi connectivity index (χ1v) is 7.77. The number of rotatable bonds is 4. The number of hydrogen-bond acceptors (Lipinski definition) is 3. The molecule has 0 aliphatic carbocycles. The number of halogens is 1. The van der Waals surface area contributed by atoms with Crippen LogP contribution in [0.5, 0.6) is 0 Å². The van der Waals surface area contributed by atoms with Gasteiger partial charge in [0.25, 0.3) is 0 Å². The number of anilines is 1. The molecule has 1 aromatic rings. The molecule has 4 heteroatoms. The van der Waals surface area contributed by atoms with Crippen molar-refractivity contribution in [1.82, 2.24) is 4.90 Å². The normalized spacial score (nSPS) is 18.8. The topological polar surface area (TPSA) is 26.7 Å². The average Bonchev–Trinajstić information content (AvgIpc) is 2.45. The molecule has 0 saturated carbocycles. The molecule has 1 saturated heterocycles. The van der Waals surface area contributed by atoms with Gasteiger partial charge in [-0.25, -0.2) is 4.39 Å². The summed E-state index contributed by atoms with van der Waals surface area (Å²) in [5.41, 5.74) is 1.04. The molecule has 118 valence electrons. The highest BCUT2D eigenvalue weighted by atomic mass is 19.1. The van der Waals surface area contributed by atoms with Gasteiger partial charge in [0.05, 0.1) is 6.10 Å². The Balaban J connectivity index is 1.77. The summed E-state index contributed by atoms with van der Waals surface area (Å²) >= 11 is 0. The second kappa shape index (κ2) is 6.75. The summed E-state index contributed by atoms with van der Waals surface area (Å²) in [5.74, 6) is -0.187. The van der Waals surface area contributed by atoms with Crippen LogP contribution in [0.2, 0.25) is 0 Å². The van der Waals surface area contributed by atoms with Gasteiger partial charge in [0, 0.05) is 38.4 Å². The third kappa shape index (κ3) is 4.68. The molecule has 0 aromatic heterocycles. The quantitative estimate of drug-likeness (QED) is 0.925. The molecule has 1 aliphatic rings. The van der Waals surface area contributed by atoms with Gasteiger partial charge in [-0.05, 0) is 36.1 Å². The minimum atomic E-state index is -0.257. The van der Waals surface area contributed by atoms with E-state index in [9.17, 15) is 9.50 Å². The highest BCUT2D eigenvalue weighted by molar-refractivity contribution is 5.46. The fraction of sp³-hybridized carbons (Fsp3) is 0.647. The Bertz CT molecular complexity index is 433. The van der Waals surface area contributed by atoms with E-state index in [0.717, 1.165) is 44.8 Å². The second-order valence-corrected chi connectivity index (χ2v) is 6.98. The smallest absolute Gasteiger partial charge is 0.123 e. The molecule has 1 N–H and O–H groups in total. The van der Waals surface area contributed by atoms with Crippen LogP contribution in [0.1, 0.15) is 27.2 Å². The number of benzene rings is 1. The zero-order valence-corrected chi connectivity index (χ0v) is 13.3. The van der Waals surface area contributed by atoms with E-state index in [1.807, 2.05) is 12.1 Å². The third-order valence-corrected chi connectivity index (χ3v) is 4.28. The summed E-state index contributed by atoms with van der Waals surface area (Å²) in [6.45, 7) is 11.1. The predicted molar refractivity (Wildman–Crippen MR) is 85.1 cm³/mol. The molecule has 1 aliphatic heterocycles. The van der Waals surface area contributed by atoms with Gasteiger partial charge in [0.1, 0.15) is 5.82 Å². The van der Waals surface area contributed by atoms with Crippen molar-refractivity contribution in [1.29, 1.82) is 0 Å². The molecule has 0 spiro atoms. The van der Waals surface area contributed by atoms with Crippen molar-refractivity contribution in [3.63, 3.8) is 0 Å². The van der Waals surface area contributed by atoms with Gasteiger partial charge in [0.15, 0.2) is 0 Å². The third-order valence-electron chi connectivity index (χ3n) is 4.28. The number of piperazine rings is 1. The van der Waals surface area contributed by atoms with E-state index in [-0.39, 0.29) is 17.3 Å². The van der Waals surface area contributed by atoms with Gasteiger partial charge in [-0.3, -0.25) is 4.90 Å². The van der Waals surface area contributed by atoms with E-state index in [2.05, 4.69) is 30.6 Å². The second-order valence-electron chi connectivity index (χ2n) is 6.98. The van der Waals surface area contributed by atoms with Crippen molar-refractivity contribution in [2.24, 2.45) is 5.41 Å². The SMILES string of the molecule is CC(C)(C)C(O)CCN1CCN(c2ccc(F)cc2)CC1. The van der Waals surface area contributed by atoms with Crippen molar-refractivity contribution < 1.29 is 9.50 Å². The lowest BCUT2D eigenvalue weighted by Crippen LogP contribution is -2.47. The summed E-state index contributed by atoms with van der Waals surface area (Å²) in [6, 6.07) is 6.71. The lowest BCUT2D eigenvalue weighted by molar-refractivity contribution is 0.0450. The molecular weight excluding hydrogens is 267 g/mol. The van der Waals surface area contributed by atoms with Crippen LogP contribution in [0.15, 0.2) is 24.3 Å². The molecule has 0 bridgehead atoms. The molecule has 2 rings (SSSR count). The van der Waals surface area contributed by atoms with Crippen LogP contribution in [0.4, 0.5) is 10.1 Å². The molecule has 3 nitrogen and oxygen atoms in total. The van der Waals surface area contributed by atoms with Gasteiger partial charge in [-0.2, -0.15) is 0 Å². The van der Waals surface area contributed by atoms with Crippen LogP contribution in [0.3, 0.4) is 0 Å². The van der Waals surface area contributed by atoms with Gasteiger partial charge in [-0.15, -0.1) is 0 Å². The van der Waals surface area contributed by atoms with Crippen LogP contribution < -0.4 is 4.90 Å². The zero-order chi connectivity index (χ0) is 15.5. The largest absolute Gasteiger partial charge is 0.393 e. The number of nitrogens with zero attached hydrogens (tertiary/aromatic N) is 2. The molecule has 21 heavy (non-hydrogen) atoms. The van der Waals surface area contributed by atoms with Gasteiger partial charge < -0.3 is 10.0 Å². The van der Waals surface area contributed by atoms with E-state index in [1.165, 1.54) is 12.1 Å². The van der Waals surface area contributed by atoms with Gasteiger partial charge in [0.2, 0.25) is 0 Å². The summed E-state index contributed by atoms with van der Waals surface area (Å²) in [5, 5.41) is 10.1. The summed E-state index contributed by atoms with van der Waals surface area (Å²) in [7, 11) is 0. The highest BCUT2D eigenvalue weighted by Crippen LogP contribution is 2.22. The Hall–Kier alpha value is -1.13. The van der Waals surface area contributed by atoms with Crippen molar-refractivity contribution in [3.05, 3.63) is 30.1 Å². The van der Waals surface area contributed by atoms with E-state index in [1.54, 1.807) is 0 Å². The molecule has 0 amide bonds. The minimum Gasteiger partial charge on any atom is -0.393 e. The molecular formula is C17H27FN2O. The van der Waals surface area contributed by atoms with Crippen LogP contribution in [-0.4, -0.2) is 48.8 Å². The Morgan fingerprint density at radius 1 is 1.10 bits per heavy atom. The first-order valence-electron chi connectivity index (χ1n) is 7.77. The molecule has 0 radical (unpaired) electrons. The van der Waals surface area contributed by atoms with Crippen LogP contribution in [0.25, 0.3) is 0 Å². The summed E-state index contributed by atoms with van der Waals surface area (Å²) in [6.07, 6.45) is 0.563. The fourth-order valence-electron chi connectivity index (χ4n) is 2.62. The molecule has 1 unspecified atom stereocenters. The maximum atomic E-state index is 12.9. The van der Waals surface area contributed by atoms with Crippen LogP contribution in [0, 0.1) is 11.2 Å². The maximum absolute atomic E-state index is 12.9. The Kier molecular flexibility index (Phi) is 5.22. The molecule has 1 fully saturated rings. The predicted octanol–water partition coefficient (Wildman–Crippen LogP) is 2.74. The highest BCUT2D eigenvalue weighted by Gasteiger charge is 2.24. The van der Waals surface area contributed by atoms with Crippen LogP contribution >= 0.6 is 0 Å². The lowest BCUT2D eigenvalue weighted by atomic mass is 9.87. The standard InChI is InChI=1S/C17H27FN2O/c1-17(2,3)16(21)8-9-19-10-12-20(13-11-19)15-6-4-14(18)5-7-15/h4-7,16,21H,8-13H2,1-3H3. The average molecular weight is 294 g/mol. The number of aliphatic hydroxyl groups is 1. The first-order chi connectivity index (χ1) is 9.86. The minimum absolute atomic E-state index is 0.0457. The van der Waals surface area contributed by atoms with E-state index >= 15 is 0 Å².